The van der Waals surface area contributed by atoms with Gasteiger partial charge < -0.3 is 9.47 Å². The number of hydrogen-bond acceptors (Lipinski definition) is 3. The third kappa shape index (κ3) is 5.20. The molecule has 0 radical (unpaired) electrons. The lowest BCUT2D eigenvalue weighted by Crippen LogP contribution is -2.53. The average molecular weight is 397 g/mol. The van der Waals surface area contributed by atoms with Gasteiger partial charge in [0.2, 0.25) is 0 Å². The van der Waals surface area contributed by atoms with Crippen LogP contribution >= 0.6 is 0 Å². The molecule has 3 rings (SSSR count). The van der Waals surface area contributed by atoms with Crippen molar-refractivity contribution in [2.24, 2.45) is 0 Å². The summed E-state index contributed by atoms with van der Waals surface area (Å²) in [4.78, 5) is 14.5. The lowest BCUT2D eigenvalue weighted by atomic mass is 9.83. The number of hydrogen-bond donors (Lipinski definition) is 0. The molecular weight excluding hydrogens is 371 g/mol. The topological polar surface area (TPSA) is 38.8 Å². The number of benzene rings is 1. The number of nitrogens with zero attached hydrogens (tertiary/aromatic N) is 1. The summed E-state index contributed by atoms with van der Waals surface area (Å²) in [6.45, 7) is 4.26. The number of piperidine rings is 1. The minimum atomic E-state index is -4.35. The van der Waals surface area contributed by atoms with E-state index in [2.05, 4.69) is 6.08 Å². The van der Waals surface area contributed by atoms with Crippen molar-refractivity contribution >= 4 is 11.7 Å². The Hall–Kier alpha value is -2.18. The number of carbonyl (C=O) groups excluding carboxylic acids is 1. The minimum Gasteiger partial charge on any atom is -0.484 e. The van der Waals surface area contributed by atoms with Gasteiger partial charge in [0.15, 0.2) is 6.61 Å². The molecule has 0 aliphatic carbocycles. The maximum Gasteiger partial charge on any atom is 0.422 e. The van der Waals surface area contributed by atoms with Gasteiger partial charge in [0.1, 0.15) is 11.4 Å². The van der Waals surface area contributed by atoms with Crippen LogP contribution in [-0.4, -0.2) is 41.5 Å². The Morgan fingerprint density at radius 1 is 1.14 bits per heavy atom. The van der Waals surface area contributed by atoms with Gasteiger partial charge in [0.05, 0.1) is 6.04 Å². The van der Waals surface area contributed by atoms with Crippen LogP contribution in [0.1, 0.15) is 52.0 Å². The Bertz CT molecular complexity index is 735. The van der Waals surface area contributed by atoms with Crippen LogP contribution in [0.25, 0.3) is 5.57 Å². The fourth-order valence-corrected chi connectivity index (χ4v) is 3.77. The fraction of sp³-hybridized carbons (Fsp3) is 0.571. The van der Waals surface area contributed by atoms with Gasteiger partial charge in [-0.05, 0) is 69.7 Å². The number of halogens is 3. The van der Waals surface area contributed by atoms with E-state index in [0.717, 1.165) is 30.4 Å². The predicted octanol–water partition coefficient (Wildman–Crippen LogP) is 5.57. The van der Waals surface area contributed by atoms with E-state index in [4.69, 9.17) is 9.47 Å². The first-order valence-corrected chi connectivity index (χ1v) is 9.54. The van der Waals surface area contributed by atoms with Gasteiger partial charge in [-0.1, -0.05) is 18.2 Å². The van der Waals surface area contributed by atoms with E-state index in [0.29, 0.717) is 6.42 Å². The summed E-state index contributed by atoms with van der Waals surface area (Å²) in [5.41, 5.74) is 1.51. The first-order valence-electron chi connectivity index (χ1n) is 9.54. The van der Waals surface area contributed by atoms with Crippen LogP contribution in [0.3, 0.4) is 0 Å². The molecular formula is C21H26F3NO3. The average Bonchev–Trinajstić information content (AvgIpc) is 2.57. The summed E-state index contributed by atoms with van der Waals surface area (Å²) in [6, 6.07) is 6.72. The quantitative estimate of drug-likeness (QED) is 0.669. The van der Waals surface area contributed by atoms with Crippen LogP contribution in [0.5, 0.6) is 5.75 Å². The zero-order valence-corrected chi connectivity index (χ0v) is 16.4. The van der Waals surface area contributed by atoms with Crippen LogP contribution in [0, 0.1) is 0 Å². The van der Waals surface area contributed by atoms with Crippen molar-refractivity contribution in [3.8, 4) is 5.75 Å². The standard InChI is InChI=1S/C21H26F3NO3/c1-20(2,3)28-19(26)25-16-5-4-6-17(25)12-15(11-16)14-7-9-18(10-8-14)27-13-21(22,23)24/h7-11,16-17H,4-6,12-13H2,1-3H3. The fourth-order valence-electron chi connectivity index (χ4n) is 3.77. The van der Waals surface area contributed by atoms with Crippen molar-refractivity contribution in [3.05, 3.63) is 35.9 Å². The summed E-state index contributed by atoms with van der Waals surface area (Å²) >= 11 is 0. The first kappa shape index (κ1) is 20.6. The molecule has 0 spiro atoms. The lowest BCUT2D eigenvalue weighted by molar-refractivity contribution is -0.153. The Morgan fingerprint density at radius 3 is 2.39 bits per heavy atom. The van der Waals surface area contributed by atoms with E-state index in [1.807, 2.05) is 25.7 Å². The minimum absolute atomic E-state index is 0.0153. The maximum absolute atomic E-state index is 12.6. The smallest absolute Gasteiger partial charge is 0.422 e. The van der Waals surface area contributed by atoms with Crippen molar-refractivity contribution in [1.29, 1.82) is 0 Å². The molecule has 154 valence electrons. The maximum atomic E-state index is 12.6. The SMILES string of the molecule is CC(C)(C)OC(=O)N1C2C=C(c3ccc(OCC(F)(F)F)cc3)CC1CCC2. The summed E-state index contributed by atoms with van der Waals surface area (Å²) in [6.07, 6.45) is 1.01. The zero-order valence-electron chi connectivity index (χ0n) is 16.4. The van der Waals surface area contributed by atoms with E-state index in [1.54, 1.807) is 24.3 Å². The molecule has 2 atom stereocenters. The van der Waals surface area contributed by atoms with E-state index in [9.17, 15) is 18.0 Å². The van der Waals surface area contributed by atoms with E-state index in [1.165, 1.54) is 0 Å². The molecule has 1 amide bonds. The Morgan fingerprint density at radius 2 is 1.82 bits per heavy atom. The van der Waals surface area contributed by atoms with Gasteiger partial charge in [-0.3, -0.25) is 4.90 Å². The van der Waals surface area contributed by atoms with Crippen molar-refractivity contribution in [2.75, 3.05) is 6.61 Å². The van der Waals surface area contributed by atoms with E-state index < -0.39 is 18.4 Å². The molecule has 1 aromatic carbocycles. The second-order valence-corrected chi connectivity index (χ2v) is 8.36. The highest BCUT2D eigenvalue weighted by molar-refractivity contribution is 5.75. The largest absolute Gasteiger partial charge is 0.484 e. The summed E-state index contributed by atoms with van der Waals surface area (Å²) in [5, 5.41) is 0. The highest BCUT2D eigenvalue weighted by Crippen LogP contribution is 2.38. The number of carbonyl (C=O) groups is 1. The lowest BCUT2D eigenvalue weighted by Gasteiger charge is -2.45. The third-order valence-corrected chi connectivity index (χ3v) is 4.87. The van der Waals surface area contributed by atoms with E-state index >= 15 is 0 Å². The number of alkyl halides is 3. The number of fused-ring (bicyclic) bond motifs is 2. The van der Waals surface area contributed by atoms with Crippen molar-refractivity contribution in [1.82, 2.24) is 4.90 Å². The second-order valence-electron chi connectivity index (χ2n) is 8.36. The predicted molar refractivity (Wildman–Crippen MR) is 100 cm³/mol. The van der Waals surface area contributed by atoms with Crippen LogP contribution in [0.15, 0.2) is 30.3 Å². The van der Waals surface area contributed by atoms with Crippen molar-refractivity contribution in [3.63, 3.8) is 0 Å². The van der Waals surface area contributed by atoms with Crippen LogP contribution in [-0.2, 0) is 4.74 Å². The number of rotatable bonds is 3. The van der Waals surface area contributed by atoms with Gasteiger partial charge in [0.25, 0.3) is 0 Å². The van der Waals surface area contributed by atoms with E-state index in [-0.39, 0.29) is 23.9 Å². The summed E-state index contributed by atoms with van der Waals surface area (Å²) in [7, 11) is 0. The van der Waals surface area contributed by atoms with Gasteiger partial charge in [0, 0.05) is 6.04 Å². The Labute approximate surface area is 163 Å². The number of amides is 1. The van der Waals surface area contributed by atoms with Crippen molar-refractivity contribution < 1.29 is 27.4 Å². The normalized spacial score (nSPS) is 22.5. The number of ether oxygens (including phenoxy) is 2. The molecule has 0 aromatic heterocycles. The van der Waals surface area contributed by atoms with Crippen molar-refractivity contribution in [2.45, 2.75) is 70.3 Å². The molecule has 1 aromatic rings. The molecule has 2 aliphatic heterocycles. The van der Waals surface area contributed by atoms with Gasteiger partial charge in [-0.25, -0.2) is 4.79 Å². The highest BCUT2D eigenvalue weighted by atomic mass is 19.4. The molecule has 2 bridgehead atoms. The second kappa shape index (κ2) is 7.68. The monoisotopic (exact) mass is 397 g/mol. The van der Waals surface area contributed by atoms with Crippen LogP contribution in [0.4, 0.5) is 18.0 Å². The molecule has 2 unspecified atom stereocenters. The molecule has 2 heterocycles. The Kier molecular flexibility index (Phi) is 5.64. The van der Waals surface area contributed by atoms with Gasteiger partial charge in [-0.15, -0.1) is 0 Å². The zero-order chi connectivity index (χ0) is 20.5. The highest BCUT2D eigenvalue weighted by Gasteiger charge is 2.39. The first-order chi connectivity index (χ1) is 13.0. The molecule has 1 saturated heterocycles. The van der Waals surface area contributed by atoms with Gasteiger partial charge >= 0.3 is 12.3 Å². The third-order valence-electron chi connectivity index (χ3n) is 4.87. The van der Waals surface area contributed by atoms with Crippen LogP contribution in [0.2, 0.25) is 0 Å². The van der Waals surface area contributed by atoms with Crippen LogP contribution < -0.4 is 4.74 Å². The molecule has 0 N–H and O–H groups in total. The molecule has 2 aliphatic rings. The Balaban J connectivity index is 1.73. The molecule has 4 nitrogen and oxygen atoms in total. The molecule has 1 fully saturated rings. The summed E-state index contributed by atoms with van der Waals surface area (Å²) in [5.74, 6) is 0.188. The molecule has 28 heavy (non-hydrogen) atoms. The molecule has 7 heteroatoms. The molecule has 0 saturated carbocycles. The summed E-state index contributed by atoms with van der Waals surface area (Å²) < 4.78 is 47.2. The van der Waals surface area contributed by atoms with Gasteiger partial charge in [-0.2, -0.15) is 13.2 Å².